The highest BCUT2D eigenvalue weighted by molar-refractivity contribution is 7.90. The fraction of sp³-hybridized carbons (Fsp3) is 0.833. The Bertz CT molecular complexity index is 453. The molecule has 1 saturated carbocycles. The normalized spacial score (nSPS) is 24.9. The van der Waals surface area contributed by atoms with Crippen LogP contribution in [0, 0.1) is 5.92 Å². The molecule has 0 amide bonds. The molecule has 0 bridgehead atoms. The molecule has 0 radical (unpaired) electrons. The van der Waals surface area contributed by atoms with Gasteiger partial charge >= 0.3 is 11.9 Å². The van der Waals surface area contributed by atoms with E-state index in [4.69, 9.17) is 9.84 Å². The van der Waals surface area contributed by atoms with E-state index < -0.39 is 21.2 Å². The van der Waals surface area contributed by atoms with Crippen LogP contribution in [0.15, 0.2) is 0 Å². The van der Waals surface area contributed by atoms with Crippen LogP contribution < -0.4 is 4.72 Å². The summed E-state index contributed by atoms with van der Waals surface area (Å²) in [4.78, 5) is 22.3. The predicted molar refractivity (Wildman–Crippen MR) is 71.5 cm³/mol. The molecule has 20 heavy (non-hydrogen) atoms. The number of sulfonamides is 1. The first kappa shape index (κ1) is 16.9. The zero-order chi connectivity index (χ0) is 15.3. The van der Waals surface area contributed by atoms with Crippen LogP contribution in [-0.4, -0.2) is 43.4 Å². The summed E-state index contributed by atoms with van der Waals surface area (Å²) in [5.41, 5.74) is 0. The predicted octanol–water partition coefficient (Wildman–Crippen LogP) is 0.501. The maximum atomic E-state index is 11.8. The number of carboxylic acids is 1. The molecule has 0 aromatic carbocycles. The standard InChI is InChI=1S/C12H21NO6S/c1-3-19-12(16)9-4-6-10(7-5-9)13-20(17,18)8(2)11(14)15/h8-10,13H,3-7H2,1-2H3,(H,14,15). The van der Waals surface area contributed by atoms with Gasteiger partial charge in [-0.05, 0) is 39.5 Å². The number of carbonyl (C=O) groups is 2. The summed E-state index contributed by atoms with van der Waals surface area (Å²) >= 11 is 0. The summed E-state index contributed by atoms with van der Waals surface area (Å²) in [5.74, 6) is -1.81. The summed E-state index contributed by atoms with van der Waals surface area (Å²) in [6, 6.07) is -0.313. The number of carbonyl (C=O) groups excluding carboxylic acids is 1. The molecule has 0 spiro atoms. The van der Waals surface area contributed by atoms with Crippen LogP contribution in [0.4, 0.5) is 0 Å². The Hall–Kier alpha value is -1.15. The highest BCUT2D eigenvalue weighted by Gasteiger charge is 2.33. The molecule has 1 aliphatic rings. The number of ether oxygens (including phenoxy) is 1. The first-order chi connectivity index (χ1) is 9.27. The minimum atomic E-state index is -3.87. The molecule has 0 aliphatic heterocycles. The fourth-order valence-corrected chi connectivity index (χ4v) is 3.34. The average Bonchev–Trinajstić information content (AvgIpc) is 2.38. The van der Waals surface area contributed by atoms with Crippen molar-refractivity contribution in [3.8, 4) is 0 Å². The molecule has 0 aromatic rings. The Morgan fingerprint density at radius 1 is 1.30 bits per heavy atom. The van der Waals surface area contributed by atoms with Crippen molar-refractivity contribution in [2.75, 3.05) is 6.61 Å². The first-order valence-electron chi connectivity index (χ1n) is 6.68. The summed E-state index contributed by atoms with van der Waals surface area (Å²) in [5, 5.41) is 7.26. The van der Waals surface area contributed by atoms with Crippen molar-refractivity contribution in [1.29, 1.82) is 0 Å². The van der Waals surface area contributed by atoms with E-state index in [0.29, 0.717) is 32.3 Å². The van der Waals surface area contributed by atoms with Crippen LogP contribution in [0.3, 0.4) is 0 Å². The zero-order valence-corrected chi connectivity index (χ0v) is 12.5. The Labute approximate surface area is 118 Å². The van der Waals surface area contributed by atoms with Gasteiger partial charge in [-0.25, -0.2) is 13.1 Å². The Morgan fingerprint density at radius 3 is 2.30 bits per heavy atom. The van der Waals surface area contributed by atoms with Gasteiger partial charge in [0.1, 0.15) is 0 Å². The van der Waals surface area contributed by atoms with Crippen LogP contribution in [0.2, 0.25) is 0 Å². The Kier molecular flexibility index (Phi) is 5.94. The maximum absolute atomic E-state index is 11.8. The van der Waals surface area contributed by atoms with Crippen molar-refractivity contribution in [2.24, 2.45) is 5.92 Å². The largest absolute Gasteiger partial charge is 0.480 e. The molecule has 1 atom stereocenters. The zero-order valence-electron chi connectivity index (χ0n) is 11.7. The second-order valence-electron chi connectivity index (χ2n) is 4.94. The van der Waals surface area contributed by atoms with Crippen molar-refractivity contribution in [3.05, 3.63) is 0 Å². The highest BCUT2D eigenvalue weighted by Crippen LogP contribution is 2.26. The van der Waals surface area contributed by atoms with Crippen molar-refractivity contribution < 1.29 is 27.9 Å². The van der Waals surface area contributed by atoms with E-state index in [1.807, 2.05) is 0 Å². The first-order valence-corrected chi connectivity index (χ1v) is 8.23. The maximum Gasteiger partial charge on any atom is 0.323 e. The third-order valence-electron chi connectivity index (χ3n) is 3.49. The van der Waals surface area contributed by atoms with Crippen LogP contribution >= 0.6 is 0 Å². The molecule has 0 saturated heterocycles. The molecular weight excluding hydrogens is 286 g/mol. The van der Waals surface area contributed by atoms with Gasteiger partial charge in [0.15, 0.2) is 5.25 Å². The number of nitrogens with one attached hydrogen (secondary N) is 1. The van der Waals surface area contributed by atoms with Gasteiger partial charge < -0.3 is 9.84 Å². The lowest BCUT2D eigenvalue weighted by molar-refractivity contribution is -0.149. The molecule has 8 heteroatoms. The van der Waals surface area contributed by atoms with Crippen molar-refractivity contribution in [3.63, 3.8) is 0 Å². The molecule has 0 aromatic heterocycles. The smallest absolute Gasteiger partial charge is 0.323 e. The van der Waals surface area contributed by atoms with E-state index in [9.17, 15) is 18.0 Å². The fourth-order valence-electron chi connectivity index (χ4n) is 2.17. The number of hydrogen-bond acceptors (Lipinski definition) is 5. The van der Waals surface area contributed by atoms with Crippen molar-refractivity contribution >= 4 is 22.0 Å². The van der Waals surface area contributed by atoms with Gasteiger partial charge in [-0.1, -0.05) is 0 Å². The second-order valence-corrected chi connectivity index (χ2v) is 6.98. The number of rotatable bonds is 6. The lowest BCUT2D eigenvalue weighted by Crippen LogP contribution is -2.44. The van der Waals surface area contributed by atoms with Gasteiger partial charge in [0.25, 0.3) is 0 Å². The van der Waals surface area contributed by atoms with E-state index in [1.54, 1.807) is 6.92 Å². The lowest BCUT2D eigenvalue weighted by atomic mass is 9.86. The van der Waals surface area contributed by atoms with Gasteiger partial charge in [0.05, 0.1) is 12.5 Å². The monoisotopic (exact) mass is 307 g/mol. The highest BCUT2D eigenvalue weighted by atomic mass is 32.2. The quantitative estimate of drug-likeness (QED) is 0.692. The Balaban J connectivity index is 2.51. The van der Waals surface area contributed by atoms with E-state index in [2.05, 4.69) is 4.72 Å². The second kappa shape index (κ2) is 7.03. The van der Waals surface area contributed by atoms with Crippen LogP contribution in [0.5, 0.6) is 0 Å². The molecule has 1 aliphatic carbocycles. The van der Waals surface area contributed by atoms with E-state index in [0.717, 1.165) is 6.92 Å². The number of esters is 1. The number of aliphatic carboxylic acids is 1. The molecule has 1 fully saturated rings. The average molecular weight is 307 g/mol. The van der Waals surface area contributed by atoms with Crippen LogP contribution in [0.1, 0.15) is 39.5 Å². The molecule has 116 valence electrons. The molecule has 0 heterocycles. The van der Waals surface area contributed by atoms with Crippen molar-refractivity contribution in [1.82, 2.24) is 4.72 Å². The lowest BCUT2D eigenvalue weighted by Gasteiger charge is -2.28. The SMILES string of the molecule is CCOC(=O)C1CCC(NS(=O)(=O)C(C)C(=O)O)CC1. The topological polar surface area (TPSA) is 110 Å². The van der Waals surface area contributed by atoms with Gasteiger partial charge in [0, 0.05) is 6.04 Å². The van der Waals surface area contributed by atoms with E-state index >= 15 is 0 Å². The molecule has 1 unspecified atom stereocenters. The molecule has 2 N–H and O–H groups in total. The third kappa shape index (κ3) is 4.45. The third-order valence-corrected chi connectivity index (χ3v) is 5.29. The minimum absolute atomic E-state index is 0.187. The van der Waals surface area contributed by atoms with Crippen LogP contribution in [-0.2, 0) is 24.3 Å². The summed E-state index contributed by atoms with van der Waals surface area (Å²) in [6.45, 7) is 3.21. The van der Waals surface area contributed by atoms with E-state index in [1.165, 1.54) is 0 Å². The van der Waals surface area contributed by atoms with E-state index in [-0.39, 0.29) is 17.9 Å². The van der Waals surface area contributed by atoms with Gasteiger partial charge in [-0.3, -0.25) is 9.59 Å². The minimum Gasteiger partial charge on any atom is -0.480 e. The van der Waals surface area contributed by atoms with Gasteiger partial charge in [0.2, 0.25) is 10.0 Å². The summed E-state index contributed by atoms with van der Waals surface area (Å²) in [7, 11) is -3.87. The summed E-state index contributed by atoms with van der Waals surface area (Å²) < 4.78 is 30.9. The summed E-state index contributed by atoms with van der Waals surface area (Å²) in [6.07, 6.45) is 2.12. The Morgan fingerprint density at radius 2 is 1.85 bits per heavy atom. The molecule has 7 nitrogen and oxygen atoms in total. The van der Waals surface area contributed by atoms with Crippen LogP contribution in [0.25, 0.3) is 0 Å². The van der Waals surface area contributed by atoms with Crippen molar-refractivity contribution in [2.45, 2.75) is 50.8 Å². The molecular formula is C12H21NO6S. The van der Waals surface area contributed by atoms with Gasteiger partial charge in [-0.15, -0.1) is 0 Å². The number of hydrogen-bond donors (Lipinski definition) is 2. The van der Waals surface area contributed by atoms with Gasteiger partial charge in [-0.2, -0.15) is 0 Å². The number of carboxylic acid groups (broad SMARTS) is 1. The molecule has 1 rings (SSSR count).